The van der Waals surface area contributed by atoms with E-state index in [1.54, 1.807) is 34.6 Å². The molecule has 0 saturated heterocycles. The minimum atomic E-state index is -3.15. The quantitative estimate of drug-likeness (QED) is 0.742. The smallest absolute Gasteiger partial charge is 0.320 e. The van der Waals surface area contributed by atoms with E-state index in [9.17, 15) is 13.2 Å². The third-order valence-electron chi connectivity index (χ3n) is 2.24. The van der Waals surface area contributed by atoms with E-state index < -0.39 is 20.2 Å². The van der Waals surface area contributed by atoms with Crippen LogP contribution in [0, 0.1) is 0 Å². The number of ether oxygens (including phenoxy) is 1. The summed E-state index contributed by atoms with van der Waals surface area (Å²) in [7, 11) is -3.15. The van der Waals surface area contributed by atoms with Gasteiger partial charge in [0.25, 0.3) is 0 Å². The van der Waals surface area contributed by atoms with Gasteiger partial charge in [0.2, 0.25) is 0 Å². The highest BCUT2D eigenvalue weighted by molar-refractivity contribution is 7.92. The van der Waals surface area contributed by atoms with Gasteiger partial charge < -0.3 is 10.1 Å². The lowest BCUT2D eigenvalue weighted by Crippen LogP contribution is -2.44. The van der Waals surface area contributed by atoms with Crippen molar-refractivity contribution in [3.8, 4) is 0 Å². The van der Waals surface area contributed by atoms with Gasteiger partial charge in [-0.05, 0) is 34.6 Å². The summed E-state index contributed by atoms with van der Waals surface area (Å²) >= 11 is 0. The van der Waals surface area contributed by atoms with Gasteiger partial charge in [0.1, 0.15) is 5.60 Å². The van der Waals surface area contributed by atoms with Crippen molar-refractivity contribution in [3.05, 3.63) is 0 Å². The van der Waals surface area contributed by atoms with Crippen molar-refractivity contribution in [3.63, 3.8) is 0 Å². The average molecular weight is 265 g/mol. The summed E-state index contributed by atoms with van der Waals surface area (Å²) in [5.41, 5.74) is -0.523. The molecule has 0 radical (unpaired) electrons. The zero-order valence-electron chi connectivity index (χ0n) is 11.5. The summed E-state index contributed by atoms with van der Waals surface area (Å²) in [6.07, 6.45) is 1.18. The number of rotatable bonds is 5. The van der Waals surface area contributed by atoms with Crippen molar-refractivity contribution in [2.75, 3.05) is 19.3 Å². The summed E-state index contributed by atoms with van der Waals surface area (Å²) in [4.78, 5) is 11.4. The van der Waals surface area contributed by atoms with E-state index in [-0.39, 0.29) is 19.1 Å². The molecular weight excluding hydrogens is 242 g/mol. The van der Waals surface area contributed by atoms with Crippen LogP contribution >= 0.6 is 0 Å². The average Bonchev–Trinajstić information content (AvgIpc) is 1.97. The van der Waals surface area contributed by atoms with Crippen molar-refractivity contribution in [1.29, 1.82) is 0 Å². The SMILES string of the molecule is CC(C)(C)OC(=O)CNCC(C)(C)S(C)(=O)=O. The van der Waals surface area contributed by atoms with E-state index >= 15 is 0 Å². The second kappa shape index (κ2) is 5.35. The lowest BCUT2D eigenvalue weighted by Gasteiger charge is -2.24. The second-order valence-corrected chi connectivity index (χ2v) is 8.37. The Morgan fingerprint density at radius 3 is 2.00 bits per heavy atom. The molecule has 0 spiro atoms. The normalized spacial score (nSPS) is 13.5. The van der Waals surface area contributed by atoms with Crippen LogP contribution in [0.4, 0.5) is 0 Å². The molecule has 0 saturated carbocycles. The minimum Gasteiger partial charge on any atom is -0.459 e. The maximum absolute atomic E-state index is 11.4. The van der Waals surface area contributed by atoms with Crippen LogP contribution in [0.3, 0.4) is 0 Å². The van der Waals surface area contributed by atoms with Crippen LogP contribution in [0.2, 0.25) is 0 Å². The monoisotopic (exact) mass is 265 g/mol. The number of nitrogens with one attached hydrogen (secondary N) is 1. The first kappa shape index (κ1) is 16.4. The lowest BCUT2D eigenvalue weighted by atomic mass is 10.2. The molecule has 0 fully saturated rings. The van der Waals surface area contributed by atoms with E-state index in [0.29, 0.717) is 0 Å². The molecule has 5 nitrogen and oxygen atoms in total. The van der Waals surface area contributed by atoms with E-state index in [2.05, 4.69) is 5.32 Å². The van der Waals surface area contributed by atoms with Gasteiger partial charge in [-0.25, -0.2) is 8.42 Å². The largest absolute Gasteiger partial charge is 0.459 e. The van der Waals surface area contributed by atoms with Crippen LogP contribution in [0.5, 0.6) is 0 Å². The van der Waals surface area contributed by atoms with Gasteiger partial charge in [-0.1, -0.05) is 0 Å². The molecular formula is C11H23NO4S. The van der Waals surface area contributed by atoms with E-state index in [4.69, 9.17) is 4.74 Å². The van der Waals surface area contributed by atoms with Crippen molar-refractivity contribution in [2.45, 2.75) is 45.0 Å². The van der Waals surface area contributed by atoms with Gasteiger partial charge in [0, 0.05) is 12.8 Å². The molecule has 17 heavy (non-hydrogen) atoms. The highest BCUT2D eigenvalue weighted by Gasteiger charge is 2.29. The topological polar surface area (TPSA) is 72.5 Å². The van der Waals surface area contributed by atoms with E-state index in [1.807, 2.05) is 0 Å². The van der Waals surface area contributed by atoms with Gasteiger partial charge in [0.05, 0.1) is 11.3 Å². The fourth-order valence-electron chi connectivity index (χ4n) is 0.974. The minimum absolute atomic E-state index is 0.0101. The Morgan fingerprint density at radius 2 is 1.65 bits per heavy atom. The third kappa shape index (κ3) is 6.63. The summed E-state index contributed by atoms with van der Waals surface area (Å²) in [6.45, 7) is 8.80. The van der Waals surface area contributed by atoms with Gasteiger partial charge in [0.15, 0.2) is 9.84 Å². The highest BCUT2D eigenvalue weighted by atomic mass is 32.2. The number of hydrogen-bond donors (Lipinski definition) is 1. The van der Waals surface area contributed by atoms with Gasteiger partial charge in [-0.15, -0.1) is 0 Å². The summed E-state index contributed by atoms with van der Waals surface area (Å²) < 4.78 is 27.0. The molecule has 0 atom stereocenters. The Labute approximate surface area is 104 Å². The standard InChI is InChI=1S/C11H23NO4S/c1-10(2,3)16-9(13)7-12-8-11(4,5)17(6,14)15/h12H,7-8H2,1-6H3. The Hall–Kier alpha value is -0.620. The molecule has 6 heteroatoms. The first-order valence-electron chi connectivity index (χ1n) is 5.47. The lowest BCUT2D eigenvalue weighted by molar-refractivity contribution is -0.153. The van der Waals surface area contributed by atoms with Crippen LogP contribution in [0.15, 0.2) is 0 Å². The van der Waals surface area contributed by atoms with Crippen molar-refractivity contribution < 1.29 is 17.9 Å². The van der Waals surface area contributed by atoms with Crippen LogP contribution in [-0.2, 0) is 19.4 Å². The highest BCUT2D eigenvalue weighted by Crippen LogP contribution is 2.13. The second-order valence-electron chi connectivity index (χ2n) is 5.72. The van der Waals surface area contributed by atoms with E-state index in [1.165, 1.54) is 6.26 Å². The van der Waals surface area contributed by atoms with Crippen molar-refractivity contribution >= 4 is 15.8 Å². The van der Waals surface area contributed by atoms with Crippen LogP contribution in [0.25, 0.3) is 0 Å². The predicted octanol–water partition coefficient (Wildman–Crippen LogP) is 0.741. The summed E-state index contributed by atoms with van der Waals surface area (Å²) in [5, 5.41) is 2.80. The maximum atomic E-state index is 11.4. The molecule has 0 aromatic heterocycles. The fraction of sp³-hybridized carbons (Fsp3) is 0.909. The van der Waals surface area contributed by atoms with Gasteiger partial charge in [-0.3, -0.25) is 4.79 Å². The van der Waals surface area contributed by atoms with Crippen LogP contribution < -0.4 is 5.32 Å². The fourth-order valence-corrected chi connectivity index (χ4v) is 1.34. The maximum Gasteiger partial charge on any atom is 0.320 e. The third-order valence-corrected chi connectivity index (χ3v) is 4.40. The Kier molecular flexibility index (Phi) is 5.16. The molecule has 0 aliphatic carbocycles. The van der Waals surface area contributed by atoms with E-state index in [0.717, 1.165) is 0 Å². The molecule has 0 aliphatic rings. The molecule has 0 heterocycles. The number of esters is 1. The predicted molar refractivity (Wildman–Crippen MR) is 67.6 cm³/mol. The number of sulfone groups is 1. The molecule has 0 rings (SSSR count). The van der Waals surface area contributed by atoms with Gasteiger partial charge in [-0.2, -0.15) is 0 Å². The van der Waals surface area contributed by atoms with Crippen LogP contribution in [-0.4, -0.2) is 44.1 Å². The molecule has 0 aromatic carbocycles. The number of hydrogen-bond acceptors (Lipinski definition) is 5. The zero-order chi connectivity index (χ0) is 13.9. The van der Waals surface area contributed by atoms with Gasteiger partial charge >= 0.3 is 5.97 Å². The van der Waals surface area contributed by atoms with Crippen molar-refractivity contribution in [2.24, 2.45) is 0 Å². The van der Waals surface area contributed by atoms with Crippen molar-refractivity contribution in [1.82, 2.24) is 5.32 Å². The molecule has 0 aromatic rings. The first-order chi connectivity index (χ1) is 7.35. The Morgan fingerprint density at radius 1 is 1.18 bits per heavy atom. The first-order valence-corrected chi connectivity index (χ1v) is 7.36. The Balaban J connectivity index is 4.14. The molecule has 0 bridgehead atoms. The molecule has 0 aliphatic heterocycles. The Bertz CT molecular complexity index is 365. The van der Waals surface area contributed by atoms with Crippen LogP contribution in [0.1, 0.15) is 34.6 Å². The summed E-state index contributed by atoms with van der Waals surface area (Å²) in [5.74, 6) is -0.387. The molecule has 0 amide bonds. The summed E-state index contributed by atoms with van der Waals surface area (Å²) in [6, 6.07) is 0. The number of carbonyl (C=O) groups is 1. The number of carbonyl (C=O) groups excluding carboxylic acids is 1. The zero-order valence-corrected chi connectivity index (χ0v) is 12.3. The molecule has 0 unspecified atom stereocenters. The molecule has 102 valence electrons. The molecule has 1 N–H and O–H groups in total.